The monoisotopic (exact) mass is 381 g/mol. The summed E-state index contributed by atoms with van der Waals surface area (Å²) in [6.45, 7) is 0. The standard InChI is InChI=1S/C20H16FN3O2S/c1-26-13-2-3-14(16(21)10-13)19(25)15-11-18(12-4-7-22-8-5-12)27-20(15)17-6-9-23-24-17/h2-5,7-11,19,25H,6H2,1H3. The third-order valence-electron chi connectivity index (χ3n) is 4.33. The van der Waals surface area contributed by atoms with E-state index in [0.29, 0.717) is 17.7 Å². The maximum Gasteiger partial charge on any atom is 0.133 e. The number of rotatable bonds is 5. The van der Waals surface area contributed by atoms with Crippen molar-refractivity contribution in [3.63, 3.8) is 0 Å². The van der Waals surface area contributed by atoms with Gasteiger partial charge in [0.1, 0.15) is 17.7 Å². The average molecular weight is 381 g/mol. The summed E-state index contributed by atoms with van der Waals surface area (Å²) >= 11 is 1.50. The van der Waals surface area contributed by atoms with Gasteiger partial charge in [-0.2, -0.15) is 10.2 Å². The zero-order valence-electron chi connectivity index (χ0n) is 14.5. The summed E-state index contributed by atoms with van der Waals surface area (Å²) in [5.74, 6) is -0.117. The van der Waals surface area contributed by atoms with Gasteiger partial charge in [-0.15, -0.1) is 11.3 Å². The van der Waals surface area contributed by atoms with Crippen LogP contribution in [0.15, 0.2) is 59.0 Å². The van der Waals surface area contributed by atoms with Crippen molar-refractivity contribution in [2.24, 2.45) is 10.2 Å². The second kappa shape index (κ2) is 7.38. The molecule has 0 bridgehead atoms. The Kier molecular flexibility index (Phi) is 4.79. The molecular formula is C20H16FN3O2S. The highest BCUT2D eigenvalue weighted by Crippen LogP contribution is 2.38. The van der Waals surface area contributed by atoms with Crippen LogP contribution in [0.5, 0.6) is 5.75 Å². The highest BCUT2D eigenvalue weighted by Gasteiger charge is 2.25. The van der Waals surface area contributed by atoms with Gasteiger partial charge in [0.2, 0.25) is 0 Å². The van der Waals surface area contributed by atoms with Gasteiger partial charge in [-0.3, -0.25) is 4.98 Å². The Hall–Kier alpha value is -2.90. The van der Waals surface area contributed by atoms with Crippen LogP contribution in [0.1, 0.15) is 28.5 Å². The van der Waals surface area contributed by atoms with Crippen molar-refractivity contribution in [3.05, 3.63) is 70.6 Å². The SMILES string of the molecule is COc1ccc(C(O)c2cc(-c3ccncc3)sc2C2=NN=CC2)c(F)c1. The predicted octanol–water partition coefficient (Wildman–Crippen LogP) is 4.22. The summed E-state index contributed by atoms with van der Waals surface area (Å²) in [4.78, 5) is 5.79. The zero-order chi connectivity index (χ0) is 18.8. The molecule has 0 radical (unpaired) electrons. The fourth-order valence-corrected chi connectivity index (χ4v) is 4.12. The molecule has 3 aromatic rings. The Bertz CT molecular complexity index is 1030. The number of pyridine rings is 1. The maximum atomic E-state index is 14.5. The molecular weight excluding hydrogens is 365 g/mol. The number of nitrogens with zero attached hydrogens (tertiary/aromatic N) is 3. The highest BCUT2D eigenvalue weighted by atomic mass is 32.1. The van der Waals surface area contributed by atoms with Crippen LogP contribution >= 0.6 is 11.3 Å². The van der Waals surface area contributed by atoms with Crippen molar-refractivity contribution in [2.45, 2.75) is 12.5 Å². The predicted molar refractivity (Wildman–Crippen MR) is 104 cm³/mol. The van der Waals surface area contributed by atoms with Crippen molar-refractivity contribution < 1.29 is 14.2 Å². The van der Waals surface area contributed by atoms with E-state index in [1.54, 1.807) is 30.7 Å². The summed E-state index contributed by atoms with van der Waals surface area (Å²) in [6.07, 6.45) is 4.60. The number of thiophene rings is 1. The van der Waals surface area contributed by atoms with E-state index in [4.69, 9.17) is 4.74 Å². The molecule has 136 valence electrons. The number of methoxy groups -OCH3 is 1. The van der Waals surface area contributed by atoms with E-state index < -0.39 is 11.9 Å². The van der Waals surface area contributed by atoms with Crippen molar-refractivity contribution in [1.29, 1.82) is 0 Å². The van der Waals surface area contributed by atoms with E-state index >= 15 is 0 Å². The molecule has 1 N–H and O–H groups in total. The van der Waals surface area contributed by atoms with Gasteiger partial charge in [0.15, 0.2) is 0 Å². The summed E-state index contributed by atoms with van der Waals surface area (Å²) in [7, 11) is 1.47. The smallest absolute Gasteiger partial charge is 0.133 e. The number of aromatic nitrogens is 1. The van der Waals surface area contributed by atoms with E-state index in [-0.39, 0.29) is 5.56 Å². The number of hydrogen-bond donors (Lipinski definition) is 1. The number of hydrogen-bond acceptors (Lipinski definition) is 6. The van der Waals surface area contributed by atoms with Gasteiger partial charge >= 0.3 is 0 Å². The molecule has 7 heteroatoms. The van der Waals surface area contributed by atoms with Crippen molar-refractivity contribution in [3.8, 4) is 16.2 Å². The lowest BCUT2D eigenvalue weighted by Gasteiger charge is -2.14. The number of aliphatic hydroxyl groups is 1. The van der Waals surface area contributed by atoms with Gasteiger partial charge in [0.25, 0.3) is 0 Å². The van der Waals surface area contributed by atoms with E-state index in [2.05, 4.69) is 15.2 Å². The fraction of sp³-hybridized carbons (Fsp3) is 0.150. The van der Waals surface area contributed by atoms with Gasteiger partial charge in [0, 0.05) is 47.1 Å². The number of aliphatic hydroxyl groups excluding tert-OH is 1. The fourth-order valence-electron chi connectivity index (χ4n) is 2.93. The van der Waals surface area contributed by atoms with Crippen LogP contribution in [0.2, 0.25) is 0 Å². The van der Waals surface area contributed by atoms with E-state index in [1.807, 2.05) is 18.2 Å². The van der Waals surface area contributed by atoms with Crippen LogP contribution in [-0.4, -0.2) is 29.1 Å². The van der Waals surface area contributed by atoms with Crippen LogP contribution in [0, 0.1) is 5.82 Å². The van der Waals surface area contributed by atoms with E-state index in [9.17, 15) is 9.50 Å². The minimum absolute atomic E-state index is 0.190. The molecule has 2 aromatic heterocycles. The minimum Gasteiger partial charge on any atom is -0.497 e. The first-order valence-corrected chi connectivity index (χ1v) is 9.13. The summed E-state index contributed by atoms with van der Waals surface area (Å²) in [5.41, 5.74) is 2.54. The molecule has 0 spiro atoms. The second-order valence-electron chi connectivity index (χ2n) is 5.97. The summed E-state index contributed by atoms with van der Waals surface area (Å²) < 4.78 is 19.6. The second-order valence-corrected chi connectivity index (χ2v) is 7.02. The Morgan fingerprint density at radius 3 is 2.63 bits per heavy atom. The lowest BCUT2D eigenvalue weighted by Crippen LogP contribution is -2.07. The molecule has 4 rings (SSSR count). The van der Waals surface area contributed by atoms with Crippen molar-refractivity contribution >= 4 is 23.3 Å². The minimum atomic E-state index is -1.12. The van der Waals surface area contributed by atoms with Crippen molar-refractivity contribution in [1.82, 2.24) is 4.98 Å². The molecule has 1 aromatic carbocycles. The van der Waals surface area contributed by atoms with Crippen LogP contribution in [0.3, 0.4) is 0 Å². The lowest BCUT2D eigenvalue weighted by atomic mass is 9.98. The van der Waals surface area contributed by atoms with Crippen LogP contribution < -0.4 is 4.74 Å². The van der Waals surface area contributed by atoms with Crippen LogP contribution in [0.25, 0.3) is 10.4 Å². The molecule has 1 unspecified atom stereocenters. The quantitative estimate of drug-likeness (QED) is 0.720. The topological polar surface area (TPSA) is 67.1 Å². The number of halogens is 1. The first kappa shape index (κ1) is 17.5. The molecule has 3 heterocycles. The molecule has 1 atom stereocenters. The lowest BCUT2D eigenvalue weighted by molar-refractivity contribution is 0.215. The molecule has 0 saturated heterocycles. The first-order chi connectivity index (χ1) is 13.2. The molecule has 5 nitrogen and oxygen atoms in total. The van der Waals surface area contributed by atoms with E-state index in [0.717, 1.165) is 21.0 Å². The third-order valence-corrected chi connectivity index (χ3v) is 5.58. The van der Waals surface area contributed by atoms with Crippen molar-refractivity contribution in [2.75, 3.05) is 7.11 Å². The third kappa shape index (κ3) is 3.39. The number of ether oxygens (including phenoxy) is 1. The normalized spacial score (nSPS) is 14.3. The molecule has 0 fully saturated rings. The molecule has 0 saturated carbocycles. The van der Waals surface area contributed by atoms with Crippen LogP contribution in [0.4, 0.5) is 4.39 Å². The highest BCUT2D eigenvalue weighted by molar-refractivity contribution is 7.17. The Morgan fingerprint density at radius 2 is 1.96 bits per heavy atom. The van der Waals surface area contributed by atoms with Gasteiger partial charge in [-0.25, -0.2) is 4.39 Å². The molecule has 27 heavy (non-hydrogen) atoms. The summed E-state index contributed by atoms with van der Waals surface area (Å²) in [6, 6.07) is 10.1. The van der Waals surface area contributed by atoms with Crippen LogP contribution in [-0.2, 0) is 0 Å². The van der Waals surface area contributed by atoms with Gasteiger partial charge in [-0.1, -0.05) is 0 Å². The molecule has 0 aliphatic carbocycles. The molecule has 1 aliphatic rings. The molecule has 0 amide bonds. The van der Waals surface area contributed by atoms with Gasteiger partial charge in [-0.05, 0) is 35.9 Å². The summed E-state index contributed by atoms with van der Waals surface area (Å²) in [5, 5.41) is 19.0. The van der Waals surface area contributed by atoms with Gasteiger partial charge < -0.3 is 9.84 Å². The van der Waals surface area contributed by atoms with E-state index in [1.165, 1.54) is 24.5 Å². The van der Waals surface area contributed by atoms with Gasteiger partial charge in [0.05, 0.1) is 17.7 Å². The zero-order valence-corrected chi connectivity index (χ0v) is 15.3. The average Bonchev–Trinajstić information content (AvgIpc) is 3.37. The Labute approximate surface area is 159 Å². The Morgan fingerprint density at radius 1 is 1.15 bits per heavy atom. The Balaban J connectivity index is 1.80. The molecule has 1 aliphatic heterocycles. The maximum absolute atomic E-state index is 14.5. The first-order valence-electron chi connectivity index (χ1n) is 8.31. The number of benzene rings is 1. The largest absolute Gasteiger partial charge is 0.497 e.